The molecule has 0 aromatic carbocycles. The van der Waals surface area contributed by atoms with Crippen LogP contribution in [0.2, 0.25) is 0 Å². The van der Waals surface area contributed by atoms with E-state index in [0.29, 0.717) is 12.1 Å². The zero-order valence-electron chi connectivity index (χ0n) is 11.8. The Hall–Kier alpha value is -0.800. The second-order valence-corrected chi connectivity index (χ2v) is 5.07. The molecule has 0 saturated heterocycles. The predicted octanol–water partition coefficient (Wildman–Crippen LogP) is 2.72. The molecule has 98 valence electrons. The minimum atomic E-state index is 0.313. The Morgan fingerprint density at radius 1 is 1.29 bits per heavy atom. The maximum atomic E-state index is 5.57. The summed E-state index contributed by atoms with van der Waals surface area (Å²) >= 11 is 0. The molecule has 0 unspecified atom stereocenters. The van der Waals surface area contributed by atoms with Gasteiger partial charge in [0.15, 0.2) is 0 Å². The Balaban J connectivity index is 2.46. The second kappa shape index (κ2) is 6.82. The lowest BCUT2D eigenvalue weighted by Crippen LogP contribution is -2.22. The van der Waals surface area contributed by atoms with E-state index < -0.39 is 0 Å². The fraction of sp³-hybridized carbons (Fsp3) is 0.714. The molecule has 0 amide bonds. The molecule has 1 aromatic heterocycles. The first-order valence-electron chi connectivity index (χ1n) is 6.50. The molecule has 0 aliphatic rings. The first-order chi connectivity index (χ1) is 8.00. The average Bonchev–Trinajstić information content (AvgIpc) is 2.57. The summed E-state index contributed by atoms with van der Waals surface area (Å²) in [5, 5.41) is 3.45. The molecular weight excluding hydrogens is 212 g/mol. The van der Waals surface area contributed by atoms with Crippen LogP contribution in [0.3, 0.4) is 0 Å². The van der Waals surface area contributed by atoms with Gasteiger partial charge in [-0.15, -0.1) is 0 Å². The van der Waals surface area contributed by atoms with E-state index in [0.717, 1.165) is 19.7 Å². The van der Waals surface area contributed by atoms with Crippen LogP contribution in [0.25, 0.3) is 0 Å². The number of hydrogen-bond acceptors (Lipinski definition) is 2. The summed E-state index contributed by atoms with van der Waals surface area (Å²) in [6.45, 7) is 13.3. The van der Waals surface area contributed by atoms with Crippen molar-refractivity contribution < 1.29 is 4.74 Å². The molecular formula is C14H26N2O. The molecule has 0 saturated carbocycles. The number of nitrogens with zero attached hydrogens (tertiary/aromatic N) is 1. The molecule has 1 aromatic rings. The van der Waals surface area contributed by atoms with Gasteiger partial charge in [-0.1, -0.05) is 13.8 Å². The van der Waals surface area contributed by atoms with Crippen molar-refractivity contribution in [2.75, 3.05) is 6.61 Å². The van der Waals surface area contributed by atoms with Crippen molar-refractivity contribution in [3.05, 3.63) is 23.5 Å². The predicted molar refractivity (Wildman–Crippen MR) is 72.2 cm³/mol. The Morgan fingerprint density at radius 3 is 2.59 bits per heavy atom. The van der Waals surface area contributed by atoms with Crippen LogP contribution in [0.15, 0.2) is 12.3 Å². The van der Waals surface area contributed by atoms with Gasteiger partial charge in [-0.25, -0.2) is 0 Å². The fourth-order valence-electron chi connectivity index (χ4n) is 1.73. The van der Waals surface area contributed by atoms with Gasteiger partial charge in [0, 0.05) is 31.0 Å². The number of ether oxygens (including phenoxy) is 1. The monoisotopic (exact) mass is 238 g/mol. The normalized spacial score (nSPS) is 11.7. The van der Waals surface area contributed by atoms with Crippen LogP contribution in [0.1, 0.15) is 39.0 Å². The Bertz CT molecular complexity index is 329. The highest BCUT2D eigenvalue weighted by molar-refractivity contribution is 5.20. The first-order valence-corrected chi connectivity index (χ1v) is 6.50. The molecule has 1 heterocycles. The first kappa shape index (κ1) is 14.3. The smallest absolute Gasteiger partial charge is 0.0649 e. The summed E-state index contributed by atoms with van der Waals surface area (Å²) in [6, 6.07) is 2.72. The Labute approximate surface area is 105 Å². The van der Waals surface area contributed by atoms with Gasteiger partial charge in [0.25, 0.3) is 0 Å². The number of aromatic nitrogens is 1. The highest BCUT2D eigenvalue weighted by Crippen LogP contribution is 2.10. The lowest BCUT2D eigenvalue weighted by atomic mass is 10.2. The van der Waals surface area contributed by atoms with E-state index in [1.165, 1.54) is 11.3 Å². The standard InChI is InChI=1S/C14H26N2O/c1-11(2)15-10-14-6-7-16(13(14)5)8-9-17-12(3)4/h6-7,11-12,15H,8-10H2,1-5H3. The van der Waals surface area contributed by atoms with E-state index in [9.17, 15) is 0 Å². The van der Waals surface area contributed by atoms with Crippen LogP contribution in [-0.2, 0) is 17.8 Å². The van der Waals surface area contributed by atoms with E-state index in [1.807, 2.05) is 0 Å². The van der Waals surface area contributed by atoms with Gasteiger partial charge in [-0.05, 0) is 32.4 Å². The van der Waals surface area contributed by atoms with Crippen LogP contribution in [0, 0.1) is 6.92 Å². The molecule has 1 N–H and O–H groups in total. The van der Waals surface area contributed by atoms with Crippen LogP contribution >= 0.6 is 0 Å². The second-order valence-electron chi connectivity index (χ2n) is 5.07. The zero-order valence-corrected chi connectivity index (χ0v) is 11.8. The molecule has 0 bridgehead atoms. The molecule has 3 heteroatoms. The van der Waals surface area contributed by atoms with Crippen LogP contribution in [0.4, 0.5) is 0 Å². The SMILES string of the molecule is Cc1c(CNC(C)C)ccn1CCOC(C)C. The molecule has 0 aliphatic heterocycles. The van der Waals surface area contributed by atoms with Gasteiger partial charge in [-0.3, -0.25) is 0 Å². The molecule has 0 atom stereocenters. The third kappa shape index (κ3) is 4.92. The van der Waals surface area contributed by atoms with Crippen molar-refractivity contribution >= 4 is 0 Å². The molecule has 3 nitrogen and oxygen atoms in total. The molecule has 1 rings (SSSR count). The fourth-order valence-corrected chi connectivity index (χ4v) is 1.73. The van der Waals surface area contributed by atoms with Crippen LogP contribution in [0.5, 0.6) is 0 Å². The minimum Gasteiger partial charge on any atom is -0.377 e. The topological polar surface area (TPSA) is 26.2 Å². The lowest BCUT2D eigenvalue weighted by molar-refractivity contribution is 0.0725. The van der Waals surface area contributed by atoms with Crippen molar-refractivity contribution in [2.24, 2.45) is 0 Å². The summed E-state index contributed by atoms with van der Waals surface area (Å²) in [7, 11) is 0. The van der Waals surface area contributed by atoms with Crippen molar-refractivity contribution in [3.63, 3.8) is 0 Å². The zero-order chi connectivity index (χ0) is 12.8. The highest BCUT2D eigenvalue weighted by atomic mass is 16.5. The summed E-state index contributed by atoms with van der Waals surface area (Å²) in [6.07, 6.45) is 2.46. The quantitative estimate of drug-likeness (QED) is 0.790. The van der Waals surface area contributed by atoms with E-state index >= 15 is 0 Å². The summed E-state index contributed by atoms with van der Waals surface area (Å²) < 4.78 is 7.84. The van der Waals surface area contributed by atoms with Gasteiger partial charge < -0.3 is 14.6 Å². The summed E-state index contributed by atoms with van der Waals surface area (Å²) in [5.41, 5.74) is 2.72. The van der Waals surface area contributed by atoms with Crippen molar-refractivity contribution in [1.82, 2.24) is 9.88 Å². The van der Waals surface area contributed by atoms with Gasteiger partial charge in [-0.2, -0.15) is 0 Å². The van der Waals surface area contributed by atoms with Crippen LogP contribution in [-0.4, -0.2) is 23.3 Å². The van der Waals surface area contributed by atoms with Gasteiger partial charge in [0.05, 0.1) is 12.7 Å². The molecule has 17 heavy (non-hydrogen) atoms. The van der Waals surface area contributed by atoms with E-state index in [4.69, 9.17) is 4.74 Å². The molecule has 0 fully saturated rings. The third-order valence-corrected chi connectivity index (χ3v) is 2.84. The van der Waals surface area contributed by atoms with Crippen molar-refractivity contribution in [1.29, 1.82) is 0 Å². The summed E-state index contributed by atoms with van der Waals surface area (Å²) in [5.74, 6) is 0. The average molecular weight is 238 g/mol. The van der Waals surface area contributed by atoms with Crippen LogP contribution < -0.4 is 5.32 Å². The third-order valence-electron chi connectivity index (χ3n) is 2.84. The lowest BCUT2D eigenvalue weighted by Gasteiger charge is -2.11. The van der Waals surface area contributed by atoms with Gasteiger partial charge in [0.1, 0.15) is 0 Å². The largest absolute Gasteiger partial charge is 0.377 e. The number of nitrogens with one attached hydrogen (secondary N) is 1. The number of hydrogen-bond donors (Lipinski definition) is 1. The van der Waals surface area contributed by atoms with Crippen molar-refractivity contribution in [3.8, 4) is 0 Å². The molecule has 0 radical (unpaired) electrons. The van der Waals surface area contributed by atoms with E-state index in [2.05, 4.69) is 56.8 Å². The molecule has 0 spiro atoms. The van der Waals surface area contributed by atoms with Crippen molar-refractivity contribution in [2.45, 2.75) is 59.9 Å². The summed E-state index contributed by atoms with van der Waals surface area (Å²) in [4.78, 5) is 0. The number of rotatable bonds is 7. The maximum Gasteiger partial charge on any atom is 0.0649 e. The van der Waals surface area contributed by atoms with E-state index in [1.54, 1.807) is 0 Å². The Morgan fingerprint density at radius 2 is 2.00 bits per heavy atom. The Kier molecular flexibility index (Phi) is 5.72. The van der Waals surface area contributed by atoms with Gasteiger partial charge >= 0.3 is 0 Å². The van der Waals surface area contributed by atoms with E-state index in [-0.39, 0.29) is 0 Å². The van der Waals surface area contributed by atoms with Gasteiger partial charge in [0.2, 0.25) is 0 Å². The minimum absolute atomic E-state index is 0.313. The molecule has 0 aliphatic carbocycles. The maximum absolute atomic E-state index is 5.57. The highest BCUT2D eigenvalue weighted by Gasteiger charge is 2.05.